The number of carbonyl (C=O) groups excluding carboxylic acids is 2. The number of nitrogens with one attached hydrogen (secondary N) is 1. The molecule has 1 aromatic carbocycles. The Kier molecular flexibility index (Phi) is 4.68. The van der Waals surface area contributed by atoms with E-state index in [0.717, 1.165) is 62.5 Å². The molecule has 3 saturated carbocycles. The third kappa shape index (κ3) is 2.79. The largest absolute Gasteiger partial charge is 0.353 e. The fourth-order valence-corrected chi connectivity index (χ4v) is 6.65. The lowest BCUT2D eigenvalue weighted by Crippen LogP contribution is -2.63. The predicted octanol–water partition coefficient (Wildman–Crippen LogP) is 4.54. The molecule has 28 heavy (non-hydrogen) atoms. The van der Waals surface area contributed by atoms with Gasteiger partial charge in [0.2, 0.25) is 5.91 Å². The summed E-state index contributed by atoms with van der Waals surface area (Å²) < 4.78 is 0. The molecule has 5 rings (SSSR count). The summed E-state index contributed by atoms with van der Waals surface area (Å²) in [5, 5.41) is 3.39. The standard InChI is InChI=1S/C24H32N2O2/c27-22(25-17-9-1-2-10-17)21-19-13-5-6-14-20(19)23(28)26(18-11-3-4-12-18)24(21)15-7-8-16-24/h5-6,13-14,17-18,21H,1-4,7-12,15-16H2,(H,25,27). The van der Waals surface area contributed by atoms with E-state index in [9.17, 15) is 9.59 Å². The molecule has 4 aliphatic rings. The van der Waals surface area contributed by atoms with Crippen molar-refractivity contribution in [2.75, 3.05) is 0 Å². The Labute approximate surface area is 168 Å². The third-order valence-corrected chi connectivity index (χ3v) is 7.86. The molecule has 3 aliphatic carbocycles. The van der Waals surface area contributed by atoms with Crippen LogP contribution < -0.4 is 5.32 Å². The summed E-state index contributed by atoms with van der Waals surface area (Å²) in [6.45, 7) is 0. The van der Waals surface area contributed by atoms with Gasteiger partial charge in [0.15, 0.2) is 0 Å². The van der Waals surface area contributed by atoms with E-state index in [4.69, 9.17) is 0 Å². The highest BCUT2D eigenvalue weighted by atomic mass is 16.2. The van der Waals surface area contributed by atoms with Gasteiger partial charge in [-0.05, 0) is 50.2 Å². The van der Waals surface area contributed by atoms with Gasteiger partial charge in [0.1, 0.15) is 0 Å². The number of benzene rings is 1. The van der Waals surface area contributed by atoms with Crippen molar-refractivity contribution in [3.8, 4) is 0 Å². The van der Waals surface area contributed by atoms with Crippen LogP contribution >= 0.6 is 0 Å². The normalized spacial score (nSPS) is 27.5. The zero-order valence-corrected chi connectivity index (χ0v) is 16.8. The van der Waals surface area contributed by atoms with Crippen molar-refractivity contribution < 1.29 is 9.59 Å². The van der Waals surface area contributed by atoms with Gasteiger partial charge in [-0.1, -0.05) is 56.7 Å². The molecule has 0 saturated heterocycles. The van der Waals surface area contributed by atoms with Crippen molar-refractivity contribution in [2.45, 2.75) is 101 Å². The molecular weight excluding hydrogens is 348 g/mol. The summed E-state index contributed by atoms with van der Waals surface area (Å²) in [5.74, 6) is 0.121. The van der Waals surface area contributed by atoms with Gasteiger partial charge in [0.05, 0.1) is 11.5 Å². The fraction of sp³-hybridized carbons (Fsp3) is 0.667. The van der Waals surface area contributed by atoms with Gasteiger partial charge in [-0.2, -0.15) is 0 Å². The van der Waals surface area contributed by atoms with E-state index in [-0.39, 0.29) is 23.3 Å². The van der Waals surface area contributed by atoms with Crippen LogP contribution in [0, 0.1) is 0 Å². The van der Waals surface area contributed by atoms with Crippen LogP contribution in [-0.4, -0.2) is 34.3 Å². The fourth-order valence-electron chi connectivity index (χ4n) is 6.65. The molecule has 150 valence electrons. The van der Waals surface area contributed by atoms with Crippen LogP contribution in [0.15, 0.2) is 24.3 Å². The first-order valence-electron chi connectivity index (χ1n) is 11.4. The molecule has 0 bridgehead atoms. The van der Waals surface area contributed by atoms with Gasteiger partial charge in [-0.3, -0.25) is 9.59 Å². The monoisotopic (exact) mass is 380 g/mol. The lowest BCUT2D eigenvalue weighted by atomic mass is 9.70. The summed E-state index contributed by atoms with van der Waals surface area (Å²) >= 11 is 0. The van der Waals surface area contributed by atoms with Gasteiger partial charge in [-0.25, -0.2) is 0 Å². The molecule has 1 spiro atoms. The molecule has 1 heterocycles. The minimum Gasteiger partial charge on any atom is -0.353 e. The summed E-state index contributed by atoms with van der Waals surface area (Å²) in [7, 11) is 0. The van der Waals surface area contributed by atoms with Gasteiger partial charge in [-0.15, -0.1) is 0 Å². The average molecular weight is 381 g/mol. The Bertz CT molecular complexity index is 756. The average Bonchev–Trinajstić information content (AvgIpc) is 3.46. The Hall–Kier alpha value is -1.84. The first-order valence-corrected chi connectivity index (χ1v) is 11.4. The first kappa shape index (κ1) is 18.2. The maximum absolute atomic E-state index is 13.7. The topological polar surface area (TPSA) is 49.4 Å². The molecule has 1 unspecified atom stereocenters. The van der Waals surface area contributed by atoms with Gasteiger partial charge < -0.3 is 10.2 Å². The second-order valence-electron chi connectivity index (χ2n) is 9.43. The van der Waals surface area contributed by atoms with Crippen LogP contribution in [-0.2, 0) is 4.79 Å². The molecule has 1 atom stereocenters. The molecule has 0 aromatic heterocycles. The molecule has 2 amide bonds. The van der Waals surface area contributed by atoms with E-state index < -0.39 is 0 Å². The van der Waals surface area contributed by atoms with Crippen LogP contribution in [0.4, 0.5) is 0 Å². The number of fused-ring (bicyclic) bond motifs is 1. The summed E-state index contributed by atoms with van der Waals surface area (Å²) in [6, 6.07) is 8.55. The van der Waals surface area contributed by atoms with Gasteiger partial charge in [0, 0.05) is 17.6 Å². The molecular formula is C24H32N2O2. The van der Waals surface area contributed by atoms with Crippen molar-refractivity contribution >= 4 is 11.8 Å². The smallest absolute Gasteiger partial charge is 0.254 e. The van der Waals surface area contributed by atoms with E-state index in [1.165, 1.54) is 25.7 Å². The number of nitrogens with zero attached hydrogens (tertiary/aromatic N) is 1. The Morgan fingerprint density at radius 1 is 0.929 bits per heavy atom. The second-order valence-corrected chi connectivity index (χ2v) is 9.43. The lowest BCUT2D eigenvalue weighted by molar-refractivity contribution is -0.127. The van der Waals surface area contributed by atoms with E-state index >= 15 is 0 Å². The number of rotatable bonds is 3. The van der Waals surface area contributed by atoms with Crippen LogP contribution in [0.1, 0.15) is 98.9 Å². The van der Waals surface area contributed by atoms with E-state index in [1.807, 2.05) is 24.3 Å². The highest BCUT2D eigenvalue weighted by molar-refractivity contribution is 6.02. The predicted molar refractivity (Wildman–Crippen MR) is 109 cm³/mol. The first-order chi connectivity index (χ1) is 13.7. The molecule has 0 radical (unpaired) electrons. The zero-order chi connectivity index (χ0) is 19.1. The number of hydrogen-bond donors (Lipinski definition) is 1. The van der Waals surface area contributed by atoms with E-state index in [1.54, 1.807) is 0 Å². The van der Waals surface area contributed by atoms with Crippen LogP contribution in [0.2, 0.25) is 0 Å². The molecule has 1 aliphatic heterocycles. The third-order valence-electron chi connectivity index (χ3n) is 7.86. The van der Waals surface area contributed by atoms with Crippen LogP contribution in [0.25, 0.3) is 0 Å². The second kappa shape index (κ2) is 7.20. The van der Waals surface area contributed by atoms with Gasteiger partial charge >= 0.3 is 0 Å². The maximum atomic E-state index is 13.7. The molecule has 1 aromatic rings. The van der Waals surface area contributed by atoms with E-state index in [0.29, 0.717) is 12.1 Å². The van der Waals surface area contributed by atoms with Crippen molar-refractivity contribution in [1.82, 2.24) is 10.2 Å². The van der Waals surface area contributed by atoms with Crippen molar-refractivity contribution in [3.63, 3.8) is 0 Å². The van der Waals surface area contributed by atoms with Crippen molar-refractivity contribution in [1.29, 1.82) is 0 Å². The quantitative estimate of drug-likeness (QED) is 0.837. The van der Waals surface area contributed by atoms with Crippen LogP contribution in [0.3, 0.4) is 0 Å². The number of hydrogen-bond acceptors (Lipinski definition) is 2. The Morgan fingerprint density at radius 3 is 2.29 bits per heavy atom. The molecule has 4 nitrogen and oxygen atoms in total. The molecule has 1 N–H and O–H groups in total. The zero-order valence-electron chi connectivity index (χ0n) is 16.8. The SMILES string of the molecule is O=C(NC1CCCC1)C1c2ccccc2C(=O)N(C2CCCC2)C12CCCC2. The summed E-state index contributed by atoms with van der Waals surface area (Å²) in [5.41, 5.74) is 1.42. The molecule has 3 fully saturated rings. The Morgan fingerprint density at radius 2 is 1.57 bits per heavy atom. The van der Waals surface area contributed by atoms with Crippen molar-refractivity contribution in [3.05, 3.63) is 35.4 Å². The lowest BCUT2D eigenvalue weighted by Gasteiger charge is -2.52. The maximum Gasteiger partial charge on any atom is 0.254 e. The van der Waals surface area contributed by atoms with Crippen molar-refractivity contribution in [2.24, 2.45) is 0 Å². The number of amides is 2. The summed E-state index contributed by atoms with van der Waals surface area (Å²) in [4.78, 5) is 29.6. The molecule has 4 heteroatoms. The minimum absolute atomic E-state index is 0.164. The van der Waals surface area contributed by atoms with Gasteiger partial charge in [0.25, 0.3) is 5.91 Å². The summed E-state index contributed by atoms with van der Waals surface area (Å²) in [6.07, 6.45) is 13.4. The van der Waals surface area contributed by atoms with E-state index in [2.05, 4.69) is 10.2 Å². The van der Waals surface area contributed by atoms with Crippen LogP contribution in [0.5, 0.6) is 0 Å². The minimum atomic E-state index is -0.316. The Balaban J connectivity index is 1.59. The highest BCUT2D eigenvalue weighted by Crippen LogP contribution is 2.52. The number of carbonyl (C=O) groups is 2. The highest BCUT2D eigenvalue weighted by Gasteiger charge is 2.57.